The molecule has 350 valence electrons. The van der Waals surface area contributed by atoms with Gasteiger partial charge in [0.25, 0.3) is 0 Å². The van der Waals surface area contributed by atoms with Crippen molar-refractivity contribution in [2.45, 2.75) is 277 Å². The summed E-state index contributed by atoms with van der Waals surface area (Å²) in [6.07, 6.45) is 57.1. The predicted octanol–water partition coefficient (Wildman–Crippen LogP) is 16.9. The number of rotatable bonds is 47. The Morgan fingerprint density at radius 2 is 0.633 bits per heavy atom. The lowest BCUT2D eigenvalue weighted by molar-refractivity contribution is -0.166. The standard InChI is InChI=1S/C54H98O6/c1-4-7-10-13-16-19-22-25-26-27-28-30-32-35-38-41-44-47-53(56)59-50-51(49-58-52(55)46-43-40-37-34-31-24-21-18-15-12-9-6-3)60-54(57)48-45-42-39-36-33-29-23-20-17-14-11-8-5-2/h18,21,29,33,39,42,51H,4-17,19-20,22-28,30-32,34-38,40-41,43-50H2,1-3H3/b21-18-,33-29-,42-39-. The first kappa shape index (κ1) is 57.6. The van der Waals surface area contributed by atoms with Crippen LogP contribution in [0.25, 0.3) is 0 Å². The Morgan fingerprint density at radius 1 is 0.333 bits per heavy atom. The molecule has 0 aliphatic carbocycles. The lowest BCUT2D eigenvalue weighted by atomic mass is 10.0. The summed E-state index contributed by atoms with van der Waals surface area (Å²) in [6.45, 7) is 6.57. The van der Waals surface area contributed by atoms with Gasteiger partial charge in [-0.2, -0.15) is 0 Å². The number of carbonyl (C=O) groups is 3. The van der Waals surface area contributed by atoms with Crippen molar-refractivity contribution in [2.24, 2.45) is 0 Å². The minimum absolute atomic E-state index is 0.0941. The van der Waals surface area contributed by atoms with Gasteiger partial charge < -0.3 is 14.2 Å². The zero-order valence-corrected chi connectivity index (χ0v) is 40.0. The van der Waals surface area contributed by atoms with E-state index in [0.29, 0.717) is 19.3 Å². The number of hydrogen-bond donors (Lipinski definition) is 0. The summed E-state index contributed by atoms with van der Waals surface area (Å²) in [4.78, 5) is 37.9. The normalized spacial score (nSPS) is 12.2. The second-order valence-electron chi connectivity index (χ2n) is 17.4. The first-order chi connectivity index (χ1) is 29.5. The van der Waals surface area contributed by atoms with Crippen molar-refractivity contribution >= 4 is 17.9 Å². The summed E-state index contributed by atoms with van der Waals surface area (Å²) in [5.74, 6) is -0.962. The van der Waals surface area contributed by atoms with Gasteiger partial charge in [-0.1, -0.05) is 224 Å². The molecule has 0 radical (unpaired) electrons. The molecule has 0 saturated heterocycles. The first-order valence-corrected chi connectivity index (χ1v) is 26.0. The van der Waals surface area contributed by atoms with Crippen LogP contribution in [0.3, 0.4) is 0 Å². The van der Waals surface area contributed by atoms with Crippen LogP contribution < -0.4 is 0 Å². The summed E-state index contributed by atoms with van der Waals surface area (Å²) in [7, 11) is 0. The third-order valence-corrected chi connectivity index (χ3v) is 11.4. The molecule has 0 spiro atoms. The maximum absolute atomic E-state index is 12.7. The van der Waals surface area contributed by atoms with Crippen molar-refractivity contribution in [1.82, 2.24) is 0 Å². The maximum Gasteiger partial charge on any atom is 0.306 e. The van der Waals surface area contributed by atoms with Crippen LogP contribution in [0.4, 0.5) is 0 Å². The van der Waals surface area contributed by atoms with Crippen molar-refractivity contribution in [1.29, 1.82) is 0 Å². The van der Waals surface area contributed by atoms with Gasteiger partial charge in [0.1, 0.15) is 13.2 Å². The molecule has 0 fully saturated rings. The molecule has 0 N–H and O–H groups in total. The van der Waals surface area contributed by atoms with Crippen LogP contribution in [0.5, 0.6) is 0 Å². The Morgan fingerprint density at radius 3 is 1.03 bits per heavy atom. The zero-order chi connectivity index (χ0) is 43.7. The fourth-order valence-corrected chi connectivity index (χ4v) is 7.43. The molecule has 0 aromatic carbocycles. The van der Waals surface area contributed by atoms with Crippen LogP contribution in [0, 0.1) is 0 Å². The van der Waals surface area contributed by atoms with Crippen LogP contribution in [-0.2, 0) is 28.6 Å². The van der Waals surface area contributed by atoms with E-state index in [1.807, 2.05) is 6.08 Å². The molecule has 6 nitrogen and oxygen atoms in total. The second-order valence-corrected chi connectivity index (χ2v) is 17.4. The summed E-state index contributed by atoms with van der Waals surface area (Å²) in [6, 6.07) is 0. The number of unbranched alkanes of at least 4 members (excludes halogenated alkanes) is 30. The number of esters is 3. The molecule has 60 heavy (non-hydrogen) atoms. The molecule has 0 aromatic heterocycles. The lowest BCUT2D eigenvalue weighted by Crippen LogP contribution is -2.30. The molecule has 0 heterocycles. The average Bonchev–Trinajstić information content (AvgIpc) is 3.24. The molecule has 6 heteroatoms. The monoisotopic (exact) mass is 843 g/mol. The molecule has 1 atom stereocenters. The molecule has 1 unspecified atom stereocenters. The number of ether oxygens (including phenoxy) is 3. The SMILES string of the molecule is CCCCC/C=C\CCCCCCCC(=O)OCC(COC(=O)CCCCCCCCCCCCCCCCCCC)OC(=O)CC/C=C\C/C=C\CCCCCCCC. The third-order valence-electron chi connectivity index (χ3n) is 11.4. The van der Waals surface area contributed by atoms with E-state index in [1.54, 1.807) is 0 Å². The largest absolute Gasteiger partial charge is 0.462 e. The Kier molecular flexibility index (Phi) is 47.3. The molecule has 0 aliphatic rings. The second kappa shape index (κ2) is 49.3. The average molecular weight is 843 g/mol. The van der Waals surface area contributed by atoms with Crippen molar-refractivity contribution < 1.29 is 28.6 Å². The van der Waals surface area contributed by atoms with Crippen molar-refractivity contribution in [3.63, 3.8) is 0 Å². The van der Waals surface area contributed by atoms with E-state index in [-0.39, 0.29) is 37.5 Å². The van der Waals surface area contributed by atoms with Gasteiger partial charge in [-0.15, -0.1) is 0 Å². The fourth-order valence-electron chi connectivity index (χ4n) is 7.43. The van der Waals surface area contributed by atoms with Crippen LogP contribution in [0.15, 0.2) is 36.5 Å². The van der Waals surface area contributed by atoms with Gasteiger partial charge >= 0.3 is 17.9 Å². The Labute approximate surface area is 372 Å². The topological polar surface area (TPSA) is 78.9 Å². The Hall–Kier alpha value is -2.37. The van der Waals surface area contributed by atoms with Crippen molar-refractivity contribution in [3.8, 4) is 0 Å². The van der Waals surface area contributed by atoms with Gasteiger partial charge in [-0.3, -0.25) is 14.4 Å². The summed E-state index contributed by atoms with van der Waals surface area (Å²) in [5, 5.41) is 0. The summed E-state index contributed by atoms with van der Waals surface area (Å²) >= 11 is 0. The van der Waals surface area contributed by atoms with Crippen molar-refractivity contribution in [3.05, 3.63) is 36.5 Å². The number of hydrogen-bond acceptors (Lipinski definition) is 6. The highest BCUT2D eigenvalue weighted by Gasteiger charge is 2.19. The quantitative estimate of drug-likeness (QED) is 0.0263. The summed E-state index contributed by atoms with van der Waals surface area (Å²) in [5.41, 5.74) is 0. The van der Waals surface area contributed by atoms with E-state index in [9.17, 15) is 14.4 Å². The van der Waals surface area contributed by atoms with E-state index in [0.717, 1.165) is 57.8 Å². The van der Waals surface area contributed by atoms with Gasteiger partial charge in [0.2, 0.25) is 0 Å². The van der Waals surface area contributed by atoms with Gasteiger partial charge in [-0.05, 0) is 64.2 Å². The van der Waals surface area contributed by atoms with Crippen molar-refractivity contribution in [2.75, 3.05) is 13.2 Å². The van der Waals surface area contributed by atoms with Gasteiger partial charge in [0.05, 0.1) is 0 Å². The van der Waals surface area contributed by atoms with Crippen LogP contribution in [-0.4, -0.2) is 37.2 Å². The molecule has 0 amide bonds. The zero-order valence-electron chi connectivity index (χ0n) is 40.0. The van der Waals surface area contributed by atoms with Gasteiger partial charge in [-0.25, -0.2) is 0 Å². The molecular formula is C54H98O6. The third kappa shape index (κ3) is 46.7. The highest BCUT2D eigenvalue weighted by atomic mass is 16.6. The number of allylic oxidation sites excluding steroid dienone is 6. The summed E-state index contributed by atoms with van der Waals surface area (Å²) < 4.78 is 16.7. The molecule has 0 aromatic rings. The molecule has 0 bridgehead atoms. The van der Waals surface area contributed by atoms with E-state index in [1.165, 1.54) is 167 Å². The molecule has 0 aliphatic heterocycles. The Balaban J connectivity index is 4.38. The maximum atomic E-state index is 12.7. The van der Waals surface area contributed by atoms with Gasteiger partial charge in [0.15, 0.2) is 6.10 Å². The minimum atomic E-state index is -0.801. The van der Waals surface area contributed by atoms with Crippen LogP contribution in [0.2, 0.25) is 0 Å². The van der Waals surface area contributed by atoms with E-state index in [2.05, 4.69) is 51.2 Å². The smallest absolute Gasteiger partial charge is 0.306 e. The molecular weight excluding hydrogens is 745 g/mol. The first-order valence-electron chi connectivity index (χ1n) is 26.0. The molecule has 0 saturated carbocycles. The molecule has 0 rings (SSSR count). The van der Waals surface area contributed by atoms with E-state index in [4.69, 9.17) is 14.2 Å². The minimum Gasteiger partial charge on any atom is -0.462 e. The van der Waals surface area contributed by atoms with Gasteiger partial charge in [0, 0.05) is 19.3 Å². The number of carbonyl (C=O) groups excluding carboxylic acids is 3. The van der Waals surface area contributed by atoms with Crippen LogP contribution >= 0.6 is 0 Å². The van der Waals surface area contributed by atoms with E-state index >= 15 is 0 Å². The predicted molar refractivity (Wildman–Crippen MR) is 256 cm³/mol. The fraction of sp³-hybridized carbons (Fsp3) is 0.833. The highest BCUT2D eigenvalue weighted by molar-refractivity contribution is 5.71. The lowest BCUT2D eigenvalue weighted by Gasteiger charge is -2.18. The van der Waals surface area contributed by atoms with Crippen LogP contribution in [0.1, 0.15) is 271 Å². The van der Waals surface area contributed by atoms with E-state index < -0.39 is 6.10 Å². The highest BCUT2D eigenvalue weighted by Crippen LogP contribution is 2.15. The Bertz CT molecular complexity index is 1020.